The molecule has 0 radical (unpaired) electrons. The van der Waals surface area contributed by atoms with Crippen LogP contribution in [0.4, 0.5) is 0 Å². The highest BCUT2D eigenvalue weighted by Gasteiger charge is 2.28. The molecular weight excluding hydrogens is 310 g/mol. The van der Waals surface area contributed by atoms with Crippen LogP contribution in [0, 0.1) is 0 Å². The number of hydrogen-bond acceptors (Lipinski definition) is 6. The molecule has 8 heteroatoms. The van der Waals surface area contributed by atoms with E-state index in [1.165, 1.54) is 6.08 Å². The Hall–Kier alpha value is -3.03. The number of aromatic nitrogens is 3. The zero-order valence-electron chi connectivity index (χ0n) is 12.9. The van der Waals surface area contributed by atoms with Gasteiger partial charge in [0.05, 0.1) is 6.54 Å². The van der Waals surface area contributed by atoms with E-state index in [9.17, 15) is 9.59 Å². The highest BCUT2D eigenvalue weighted by molar-refractivity contribution is 5.91. The summed E-state index contributed by atoms with van der Waals surface area (Å²) in [6.07, 6.45) is 7.97. The number of pyridine rings is 1. The Balaban J connectivity index is 1.52. The Morgan fingerprint density at radius 2 is 2.42 bits per heavy atom. The van der Waals surface area contributed by atoms with Crippen LogP contribution in [0.25, 0.3) is 6.08 Å². The van der Waals surface area contributed by atoms with Gasteiger partial charge in [-0.25, -0.2) is 0 Å². The van der Waals surface area contributed by atoms with Crippen molar-refractivity contribution in [3.05, 3.63) is 47.9 Å². The van der Waals surface area contributed by atoms with E-state index < -0.39 is 0 Å². The Morgan fingerprint density at radius 3 is 3.21 bits per heavy atom. The largest absolute Gasteiger partial charge is 0.355 e. The zero-order chi connectivity index (χ0) is 16.8. The second-order valence-electron chi connectivity index (χ2n) is 5.37. The van der Waals surface area contributed by atoms with Crippen molar-refractivity contribution in [3.63, 3.8) is 0 Å². The maximum absolute atomic E-state index is 11.8. The SMILES string of the molecule is O=C(/C=C/c1cccnc1)NCc1nc(C2CCCNC2=O)no1. The van der Waals surface area contributed by atoms with Crippen molar-refractivity contribution >= 4 is 17.9 Å². The predicted octanol–water partition coefficient (Wildman–Crippen LogP) is 0.788. The second kappa shape index (κ2) is 7.49. The van der Waals surface area contributed by atoms with E-state index in [1.807, 2.05) is 6.07 Å². The summed E-state index contributed by atoms with van der Waals surface area (Å²) in [6.45, 7) is 0.789. The van der Waals surface area contributed by atoms with Gasteiger partial charge < -0.3 is 15.2 Å². The summed E-state index contributed by atoms with van der Waals surface area (Å²) in [5, 5.41) is 9.27. The van der Waals surface area contributed by atoms with Crippen molar-refractivity contribution in [1.29, 1.82) is 0 Å². The number of nitrogens with one attached hydrogen (secondary N) is 2. The minimum atomic E-state index is -0.377. The molecule has 124 valence electrons. The maximum Gasteiger partial charge on any atom is 0.246 e. The molecule has 2 aromatic rings. The van der Waals surface area contributed by atoms with Gasteiger partial charge >= 0.3 is 0 Å². The molecule has 0 spiro atoms. The van der Waals surface area contributed by atoms with Crippen molar-refractivity contribution in [2.75, 3.05) is 6.54 Å². The van der Waals surface area contributed by atoms with Crippen molar-refractivity contribution < 1.29 is 14.1 Å². The first-order valence-electron chi connectivity index (χ1n) is 7.68. The van der Waals surface area contributed by atoms with Gasteiger partial charge in [-0.05, 0) is 30.5 Å². The first kappa shape index (κ1) is 15.9. The third-order valence-corrected chi connectivity index (χ3v) is 3.61. The molecule has 1 saturated heterocycles. The van der Waals surface area contributed by atoms with Crippen LogP contribution in [-0.4, -0.2) is 33.5 Å². The number of piperidine rings is 1. The molecule has 2 amide bonds. The van der Waals surface area contributed by atoms with Crippen molar-refractivity contribution in [1.82, 2.24) is 25.8 Å². The van der Waals surface area contributed by atoms with Crippen LogP contribution in [0.5, 0.6) is 0 Å². The molecule has 2 aromatic heterocycles. The van der Waals surface area contributed by atoms with Crippen LogP contribution in [-0.2, 0) is 16.1 Å². The molecule has 1 aliphatic heterocycles. The minimum Gasteiger partial charge on any atom is -0.355 e. The third kappa shape index (κ3) is 4.03. The van der Waals surface area contributed by atoms with Gasteiger partial charge in [-0.2, -0.15) is 4.98 Å². The smallest absolute Gasteiger partial charge is 0.246 e. The topological polar surface area (TPSA) is 110 Å². The molecule has 3 rings (SSSR count). The second-order valence-corrected chi connectivity index (χ2v) is 5.37. The average Bonchev–Trinajstić information content (AvgIpc) is 3.08. The first-order valence-corrected chi connectivity index (χ1v) is 7.68. The van der Waals surface area contributed by atoms with Crippen LogP contribution in [0.1, 0.15) is 36.0 Å². The molecule has 2 N–H and O–H groups in total. The van der Waals surface area contributed by atoms with Gasteiger partial charge in [-0.1, -0.05) is 11.2 Å². The van der Waals surface area contributed by atoms with E-state index in [1.54, 1.807) is 24.5 Å². The zero-order valence-corrected chi connectivity index (χ0v) is 12.9. The van der Waals surface area contributed by atoms with Crippen molar-refractivity contribution in [3.8, 4) is 0 Å². The number of nitrogens with zero attached hydrogens (tertiary/aromatic N) is 3. The lowest BCUT2D eigenvalue weighted by Crippen LogP contribution is -2.35. The molecule has 1 atom stereocenters. The van der Waals surface area contributed by atoms with Gasteiger partial charge in [0.25, 0.3) is 0 Å². The fourth-order valence-corrected chi connectivity index (χ4v) is 2.37. The fourth-order valence-electron chi connectivity index (χ4n) is 2.37. The van der Waals surface area contributed by atoms with E-state index in [4.69, 9.17) is 4.52 Å². The maximum atomic E-state index is 11.8. The molecule has 24 heavy (non-hydrogen) atoms. The van der Waals surface area contributed by atoms with Gasteiger partial charge in [0.1, 0.15) is 5.92 Å². The monoisotopic (exact) mass is 327 g/mol. The lowest BCUT2D eigenvalue weighted by Gasteiger charge is -2.18. The standard InChI is InChI=1S/C16H17N5O3/c22-13(6-5-11-3-1-7-17-9-11)19-10-14-20-15(21-24-14)12-4-2-8-18-16(12)23/h1,3,5-7,9,12H,2,4,8,10H2,(H,18,23)(H,19,22)/b6-5+. The molecule has 1 fully saturated rings. The lowest BCUT2D eigenvalue weighted by molar-refractivity contribution is -0.124. The van der Waals surface area contributed by atoms with Gasteiger partial charge in [-0.3, -0.25) is 14.6 Å². The normalized spacial score (nSPS) is 17.7. The average molecular weight is 327 g/mol. The molecule has 0 bridgehead atoms. The van der Waals surface area contributed by atoms with Gasteiger partial charge in [0.2, 0.25) is 17.7 Å². The molecule has 1 unspecified atom stereocenters. The number of carbonyl (C=O) groups is 2. The molecule has 1 aliphatic rings. The fraction of sp³-hybridized carbons (Fsp3) is 0.312. The van der Waals surface area contributed by atoms with Crippen LogP contribution < -0.4 is 10.6 Å². The summed E-state index contributed by atoms with van der Waals surface area (Å²) >= 11 is 0. The van der Waals surface area contributed by atoms with Crippen molar-refractivity contribution in [2.45, 2.75) is 25.3 Å². The van der Waals surface area contributed by atoms with Crippen LogP contribution in [0.3, 0.4) is 0 Å². The summed E-state index contributed by atoms with van der Waals surface area (Å²) in [4.78, 5) is 31.7. The number of carbonyl (C=O) groups excluding carboxylic acids is 2. The molecular formula is C16H17N5O3. The molecule has 0 saturated carbocycles. The molecule has 3 heterocycles. The van der Waals surface area contributed by atoms with Gasteiger partial charge in [0, 0.05) is 25.0 Å². The Morgan fingerprint density at radius 1 is 1.50 bits per heavy atom. The van der Waals surface area contributed by atoms with Crippen LogP contribution in [0.2, 0.25) is 0 Å². The third-order valence-electron chi connectivity index (χ3n) is 3.61. The quantitative estimate of drug-likeness (QED) is 0.786. The molecule has 0 aromatic carbocycles. The lowest BCUT2D eigenvalue weighted by atomic mass is 9.98. The summed E-state index contributed by atoms with van der Waals surface area (Å²) in [5.41, 5.74) is 0.830. The van der Waals surface area contributed by atoms with E-state index >= 15 is 0 Å². The highest BCUT2D eigenvalue weighted by Crippen LogP contribution is 2.21. The number of rotatable bonds is 5. The van der Waals surface area contributed by atoms with Crippen molar-refractivity contribution in [2.24, 2.45) is 0 Å². The Bertz CT molecular complexity index is 741. The van der Waals surface area contributed by atoms with Crippen LogP contribution >= 0.6 is 0 Å². The predicted molar refractivity (Wildman–Crippen MR) is 84.4 cm³/mol. The Kier molecular flexibility index (Phi) is 4.95. The molecule has 8 nitrogen and oxygen atoms in total. The summed E-state index contributed by atoms with van der Waals surface area (Å²) < 4.78 is 5.09. The minimum absolute atomic E-state index is 0.0861. The van der Waals surface area contributed by atoms with E-state index in [0.717, 1.165) is 12.0 Å². The summed E-state index contributed by atoms with van der Waals surface area (Å²) in [6, 6.07) is 3.63. The first-order chi connectivity index (χ1) is 11.7. The van der Waals surface area contributed by atoms with Gasteiger partial charge in [0.15, 0.2) is 5.82 Å². The Labute approximate surface area is 138 Å². The highest BCUT2D eigenvalue weighted by atomic mass is 16.5. The number of hydrogen-bond donors (Lipinski definition) is 2. The van der Waals surface area contributed by atoms with E-state index in [2.05, 4.69) is 25.8 Å². The van der Waals surface area contributed by atoms with E-state index in [0.29, 0.717) is 18.8 Å². The van der Waals surface area contributed by atoms with Gasteiger partial charge in [-0.15, -0.1) is 0 Å². The summed E-state index contributed by atoms with van der Waals surface area (Å²) in [5.74, 6) is -0.114. The van der Waals surface area contributed by atoms with E-state index in [-0.39, 0.29) is 30.2 Å². The molecule has 0 aliphatic carbocycles. The van der Waals surface area contributed by atoms with Crippen LogP contribution in [0.15, 0.2) is 35.1 Å². The summed E-state index contributed by atoms with van der Waals surface area (Å²) in [7, 11) is 0. The number of amides is 2.